The summed E-state index contributed by atoms with van der Waals surface area (Å²) in [6, 6.07) is 67.0. The van der Waals surface area contributed by atoms with Gasteiger partial charge in [0.2, 0.25) is 0 Å². The van der Waals surface area contributed by atoms with Gasteiger partial charge in [0.15, 0.2) is 0 Å². The average Bonchev–Trinajstić information content (AvgIpc) is 3.82. The number of rotatable bonds is 4. The lowest BCUT2D eigenvalue weighted by Crippen LogP contribution is -2.27. The van der Waals surface area contributed by atoms with Crippen LogP contribution >= 0.6 is 0 Å². The highest BCUT2D eigenvalue weighted by molar-refractivity contribution is 5.97. The van der Waals surface area contributed by atoms with Crippen LogP contribution < -0.4 is 4.90 Å². The maximum atomic E-state index is 2.54. The Balaban J connectivity index is 1.12. The summed E-state index contributed by atoms with van der Waals surface area (Å²) in [5, 5.41) is 0. The summed E-state index contributed by atoms with van der Waals surface area (Å²) in [6.45, 7) is 18.8. The Labute approximate surface area is 362 Å². The van der Waals surface area contributed by atoms with E-state index in [4.69, 9.17) is 0 Å². The second-order valence-corrected chi connectivity index (χ2v) is 20.2. The lowest BCUT2D eigenvalue weighted by atomic mass is 9.68. The lowest BCUT2D eigenvalue weighted by molar-refractivity contribution is 0.586. The zero-order valence-electron chi connectivity index (χ0n) is 36.7. The lowest BCUT2D eigenvalue weighted by Gasteiger charge is -2.34. The highest BCUT2D eigenvalue weighted by atomic mass is 15.1. The monoisotopic (exact) mass is 787 g/mol. The summed E-state index contributed by atoms with van der Waals surface area (Å²) in [4.78, 5) is 2.45. The quantitative estimate of drug-likeness (QED) is 0.172. The van der Waals surface area contributed by atoms with Crippen molar-refractivity contribution in [2.24, 2.45) is 0 Å². The van der Waals surface area contributed by atoms with Gasteiger partial charge in [-0.05, 0) is 136 Å². The van der Waals surface area contributed by atoms with Crippen LogP contribution in [0.25, 0.3) is 44.5 Å². The average molecular weight is 788 g/mol. The molecule has 0 fully saturated rings. The first-order valence-corrected chi connectivity index (χ1v) is 22.0. The molecule has 0 radical (unpaired) electrons. The minimum atomic E-state index is -0.473. The molecule has 0 unspecified atom stereocenters. The molecule has 0 atom stereocenters. The molecule has 0 heterocycles. The fourth-order valence-electron chi connectivity index (χ4n) is 11.1. The minimum Gasteiger partial charge on any atom is -0.310 e. The first-order chi connectivity index (χ1) is 29.3. The summed E-state index contributed by atoms with van der Waals surface area (Å²) in [7, 11) is 0. The fourth-order valence-corrected chi connectivity index (χ4v) is 11.1. The molecule has 3 aliphatic rings. The molecule has 1 heteroatoms. The third kappa shape index (κ3) is 5.39. The summed E-state index contributed by atoms with van der Waals surface area (Å²) >= 11 is 0. The molecule has 0 aromatic heterocycles. The van der Waals surface area contributed by atoms with Crippen molar-refractivity contribution in [1.82, 2.24) is 0 Å². The van der Waals surface area contributed by atoms with E-state index in [0.717, 1.165) is 17.1 Å². The molecule has 11 rings (SSSR count). The van der Waals surface area contributed by atoms with Crippen LogP contribution in [0, 0.1) is 0 Å². The Morgan fingerprint density at radius 1 is 0.344 bits per heavy atom. The Bertz CT molecular complexity index is 2990. The van der Waals surface area contributed by atoms with Gasteiger partial charge in [-0.2, -0.15) is 0 Å². The first kappa shape index (κ1) is 37.6. The van der Waals surface area contributed by atoms with E-state index in [1.165, 1.54) is 89.0 Å². The molecule has 0 aliphatic heterocycles. The number of para-hydroxylation sites is 1. The van der Waals surface area contributed by atoms with Crippen molar-refractivity contribution in [2.75, 3.05) is 4.90 Å². The molecular formula is C60H53N. The van der Waals surface area contributed by atoms with E-state index in [1.807, 2.05) is 0 Å². The Hall–Kier alpha value is -6.44. The zero-order valence-corrected chi connectivity index (χ0v) is 36.7. The van der Waals surface area contributed by atoms with E-state index in [1.54, 1.807) is 0 Å². The molecule has 1 spiro atoms. The van der Waals surface area contributed by atoms with Gasteiger partial charge in [0.1, 0.15) is 0 Å². The number of fused-ring (bicyclic) bond motifs is 13. The van der Waals surface area contributed by atoms with E-state index in [9.17, 15) is 0 Å². The van der Waals surface area contributed by atoms with Crippen LogP contribution in [-0.2, 0) is 21.7 Å². The predicted octanol–water partition coefficient (Wildman–Crippen LogP) is 16.1. The van der Waals surface area contributed by atoms with Crippen LogP contribution in [0.5, 0.6) is 0 Å². The maximum absolute atomic E-state index is 2.54. The van der Waals surface area contributed by atoms with Crippen LogP contribution in [0.15, 0.2) is 176 Å². The van der Waals surface area contributed by atoms with E-state index in [-0.39, 0.29) is 16.2 Å². The SMILES string of the molecule is CC(C)(C)c1ccc2c(c1)C1(c3ccccc3-c3ccc(N(c4ccccc4)c4ccc(-c5cccc6c5C(C)(C)c5ccccc5-6)cc4)cc31)c1cc(C(C)(C)C)ccc1-2. The van der Waals surface area contributed by atoms with Gasteiger partial charge in [0.05, 0.1) is 5.41 Å². The van der Waals surface area contributed by atoms with Gasteiger partial charge < -0.3 is 4.90 Å². The van der Waals surface area contributed by atoms with Crippen molar-refractivity contribution in [2.45, 2.75) is 77.0 Å². The molecule has 8 aromatic rings. The third-order valence-electron chi connectivity index (χ3n) is 14.2. The van der Waals surface area contributed by atoms with E-state index >= 15 is 0 Å². The molecule has 0 saturated carbocycles. The van der Waals surface area contributed by atoms with Gasteiger partial charge in [-0.1, -0.05) is 195 Å². The molecule has 0 bridgehead atoms. The first-order valence-electron chi connectivity index (χ1n) is 22.0. The van der Waals surface area contributed by atoms with E-state index in [0.29, 0.717) is 0 Å². The van der Waals surface area contributed by atoms with Crippen molar-refractivity contribution < 1.29 is 0 Å². The summed E-state index contributed by atoms with van der Waals surface area (Å²) in [6.07, 6.45) is 0. The van der Waals surface area contributed by atoms with Gasteiger partial charge in [-0.3, -0.25) is 0 Å². The highest BCUT2D eigenvalue weighted by Gasteiger charge is 2.52. The molecule has 1 nitrogen and oxygen atoms in total. The van der Waals surface area contributed by atoms with Crippen LogP contribution in [0.2, 0.25) is 0 Å². The predicted molar refractivity (Wildman–Crippen MR) is 258 cm³/mol. The number of hydrogen-bond donors (Lipinski definition) is 0. The molecule has 0 saturated heterocycles. The highest BCUT2D eigenvalue weighted by Crippen LogP contribution is 2.64. The van der Waals surface area contributed by atoms with Crippen LogP contribution in [0.4, 0.5) is 17.1 Å². The van der Waals surface area contributed by atoms with Crippen molar-refractivity contribution in [1.29, 1.82) is 0 Å². The summed E-state index contributed by atoms with van der Waals surface area (Å²) in [5.41, 5.74) is 24.4. The van der Waals surface area contributed by atoms with Gasteiger partial charge in [-0.25, -0.2) is 0 Å². The van der Waals surface area contributed by atoms with Crippen LogP contribution in [0.3, 0.4) is 0 Å². The molecule has 61 heavy (non-hydrogen) atoms. The Kier molecular flexibility index (Phi) is 8.02. The molecule has 298 valence electrons. The topological polar surface area (TPSA) is 3.24 Å². The number of hydrogen-bond acceptors (Lipinski definition) is 1. The third-order valence-corrected chi connectivity index (χ3v) is 14.2. The van der Waals surface area contributed by atoms with Crippen LogP contribution in [-0.4, -0.2) is 0 Å². The Morgan fingerprint density at radius 3 is 1.39 bits per heavy atom. The molecule has 3 aliphatic carbocycles. The van der Waals surface area contributed by atoms with E-state index < -0.39 is 5.41 Å². The smallest absolute Gasteiger partial charge is 0.0726 e. The number of benzene rings is 8. The summed E-state index contributed by atoms with van der Waals surface area (Å²) < 4.78 is 0. The van der Waals surface area contributed by atoms with Gasteiger partial charge in [0.25, 0.3) is 0 Å². The molecule has 8 aromatic carbocycles. The van der Waals surface area contributed by atoms with Gasteiger partial charge in [-0.15, -0.1) is 0 Å². The standard InChI is InChI=1S/C60H53N/c1-57(2,3)39-27-32-47-48-33-28-40(58(4,5)6)36-54(48)60(53(47)35-39)52-24-15-13-19-45(52)49-34-31-43(37-55(49)60)61(41-17-10-9-11-18-41)42-29-25-38(26-30-42)44-21-16-22-50-46-20-12-14-23-51(46)59(7,8)56(44)50/h9-37H,1-8H3. The van der Waals surface area contributed by atoms with E-state index in [2.05, 4.69) is 236 Å². The van der Waals surface area contributed by atoms with Crippen molar-refractivity contribution in [3.05, 3.63) is 220 Å². The maximum Gasteiger partial charge on any atom is 0.0726 e. The largest absolute Gasteiger partial charge is 0.310 e. The van der Waals surface area contributed by atoms with Crippen molar-refractivity contribution in [3.8, 4) is 44.5 Å². The van der Waals surface area contributed by atoms with Crippen LogP contribution in [0.1, 0.15) is 99.9 Å². The van der Waals surface area contributed by atoms with Gasteiger partial charge in [0, 0.05) is 22.5 Å². The molecule has 0 N–H and O–H groups in total. The second kappa shape index (κ2) is 13.0. The number of anilines is 3. The van der Waals surface area contributed by atoms with Crippen molar-refractivity contribution in [3.63, 3.8) is 0 Å². The number of nitrogens with zero attached hydrogens (tertiary/aromatic N) is 1. The fraction of sp³-hybridized carbons (Fsp3) is 0.200. The van der Waals surface area contributed by atoms with Gasteiger partial charge >= 0.3 is 0 Å². The normalized spacial score (nSPS) is 14.8. The van der Waals surface area contributed by atoms with Crippen molar-refractivity contribution >= 4 is 17.1 Å². The Morgan fingerprint density at radius 2 is 0.787 bits per heavy atom. The molecular weight excluding hydrogens is 735 g/mol. The summed E-state index contributed by atoms with van der Waals surface area (Å²) in [5.74, 6) is 0. The molecule has 0 amide bonds. The zero-order chi connectivity index (χ0) is 42.1. The minimum absolute atomic E-state index is 0.000197. The second-order valence-electron chi connectivity index (χ2n) is 20.2.